The smallest absolute Gasteiger partial charge is 0.266 e. The molecule has 3 aromatic rings. The molecule has 0 saturated carbocycles. The van der Waals surface area contributed by atoms with Crippen LogP contribution in [0.1, 0.15) is 11.1 Å². The molecule has 0 atom stereocenters. The van der Waals surface area contributed by atoms with E-state index < -0.39 is 10.0 Å². The number of nitrogens with zero attached hydrogens (tertiary/aromatic N) is 2. The van der Waals surface area contributed by atoms with Crippen LogP contribution in [-0.2, 0) is 16.6 Å². The van der Waals surface area contributed by atoms with Crippen LogP contribution in [-0.4, -0.2) is 31.9 Å². The predicted molar refractivity (Wildman–Crippen MR) is 112 cm³/mol. The average Bonchev–Trinajstić information content (AvgIpc) is 2.71. The third-order valence-corrected chi connectivity index (χ3v) is 6.10. The van der Waals surface area contributed by atoms with Gasteiger partial charge in [-0.2, -0.15) is 5.10 Å². The predicted octanol–water partition coefficient (Wildman–Crippen LogP) is 2.51. The van der Waals surface area contributed by atoms with E-state index in [2.05, 4.69) is 9.82 Å². The zero-order chi connectivity index (χ0) is 21.0. The van der Waals surface area contributed by atoms with Gasteiger partial charge in [0.2, 0.25) is 10.0 Å². The van der Waals surface area contributed by atoms with Gasteiger partial charge in [-0.3, -0.25) is 4.79 Å². The molecule has 152 valence electrons. The molecule has 0 bridgehead atoms. The second-order valence-corrected chi connectivity index (χ2v) is 8.37. The van der Waals surface area contributed by atoms with E-state index in [1.165, 1.54) is 17.9 Å². The minimum Gasteiger partial charge on any atom is -0.495 e. The molecule has 0 aliphatic rings. The molecule has 1 N–H and O–H groups in total. The maximum absolute atomic E-state index is 12.7. The lowest BCUT2D eigenvalue weighted by molar-refractivity contribution is 0.401. The molecule has 0 spiro atoms. The van der Waals surface area contributed by atoms with Gasteiger partial charge in [0.25, 0.3) is 5.56 Å². The van der Waals surface area contributed by atoms with Crippen molar-refractivity contribution < 1.29 is 13.2 Å². The molecule has 7 nitrogen and oxygen atoms in total. The Kier molecular flexibility index (Phi) is 6.14. The van der Waals surface area contributed by atoms with Crippen molar-refractivity contribution in [2.45, 2.75) is 25.3 Å². The number of aromatic nitrogens is 2. The van der Waals surface area contributed by atoms with Gasteiger partial charge in [0.15, 0.2) is 0 Å². The summed E-state index contributed by atoms with van der Waals surface area (Å²) in [4.78, 5) is 12.2. The summed E-state index contributed by atoms with van der Waals surface area (Å²) in [6.45, 7) is 3.85. The van der Waals surface area contributed by atoms with Gasteiger partial charge in [-0.15, -0.1) is 0 Å². The van der Waals surface area contributed by atoms with Crippen LogP contribution in [0.2, 0.25) is 0 Å². The van der Waals surface area contributed by atoms with Crippen LogP contribution in [0.25, 0.3) is 11.3 Å². The Labute approximate surface area is 170 Å². The molecule has 0 amide bonds. The molecule has 0 unspecified atom stereocenters. The summed E-state index contributed by atoms with van der Waals surface area (Å²) in [7, 11) is -2.37. The van der Waals surface area contributed by atoms with Crippen molar-refractivity contribution in [2.24, 2.45) is 0 Å². The fraction of sp³-hybridized carbons (Fsp3) is 0.238. The second-order valence-electron chi connectivity index (χ2n) is 6.63. The summed E-state index contributed by atoms with van der Waals surface area (Å²) in [6, 6.07) is 15.8. The van der Waals surface area contributed by atoms with Crippen molar-refractivity contribution >= 4 is 10.0 Å². The first-order valence-electron chi connectivity index (χ1n) is 9.10. The van der Waals surface area contributed by atoms with E-state index >= 15 is 0 Å². The Morgan fingerprint density at radius 2 is 1.72 bits per heavy atom. The maximum Gasteiger partial charge on any atom is 0.266 e. The second kappa shape index (κ2) is 8.59. The van der Waals surface area contributed by atoms with Crippen molar-refractivity contribution in [3.63, 3.8) is 0 Å². The molecule has 0 aliphatic heterocycles. The zero-order valence-corrected chi connectivity index (χ0v) is 17.4. The minimum absolute atomic E-state index is 0.0174. The van der Waals surface area contributed by atoms with E-state index in [0.29, 0.717) is 5.69 Å². The van der Waals surface area contributed by atoms with E-state index in [-0.39, 0.29) is 29.3 Å². The Bertz CT molecular complexity index is 1170. The fourth-order valence-electron chi connectivity index (χ4n) is 2.87. The number of sulfonamides is 1. The summed E-state index contributed by atoms with van der Waals surface area (Å²) < 4.78 is 34.5. The van der Waals surface area contributed by atoms with E-state index in [4.69, 9.17) is 4.74 Å². The quantitative estimate of drug-likeness (QED) is 0.643. The van der Waals surface area contributed by atoms with Crippen molar-refractivity contribution in [3.05, 3.63) is 76.1 Å². The van der Waals surface area contributed by atoms with Gasteiger partial charge in [-0.1, -0.05) is 30.3 Å². The topological polar surface area (TPSA) is 90.3 Å². The summed E-state index contributed by atoms with van der Waals surface area (Å²) in [5, 5.41) is 4.34. The first-order chi connectivity index (χ1) is 13.8. The van der Waals surface area contributed by atoms with Crippen LogP contribution in [0, 0.1) is 13.8 Å². The summed E-state index contributed by atoms with van der Waals surface area (Å²) in [5.41, 5.74) is 3.01. The lowest BCUT2D eigenvalue weighted by Crippen LogP contribution is -2.32. The monoisotopic (exact) mass is 413 g/mol. The van der Waals surface area contributed by atoms with E-state index in [0.717, 1.165) is 16.7 Å². The van der Waals surface area contributed by atoms with E-state index in [9.17, 15) is 13.2 Å². The van der Waals surface area contributed by atoms with Crippen LogP contribution >= 0.6 is 0 Å². The van der Waals surface area contributed by atoms with Gasteiger partial charge >= 0.3 is 0 Å². The summed E-state index contributed by atoms with van der Waals surface area (Å²) in [6.07, 6.45) is 0. The molecule has 0 radical (unpaired) electrons. The van der Waals surface area contributed by atoms with Gasteiger partial charge in [0.1, 0.15) is 10.6 Å². The van der Waals surface area contributed by atoms with Crippen molar-refractivity contribution in [3.8, 4) is 17.0 Å². The van der Waals surface area contributed by atoms with E-state index in [1.54, 1.807) is 18.2 Å². The summed E-state index contributed by atoms with van der Waals surface area (Å²) >= 11 is 0. The first kappa shape index (κ1) is 20.8. The molecule has 8 heteroatoms. The molecule has 1 heterocycles. The largest absolute Gasteiger partial charge is 0.495 e. The molecular weight excluding hydrogens is 390 g/mol. The third-order valence-electron chi connectivity index (χ3n) is 4.62. The Morgan fingerprint density at radius 3 is 2.41 bits per heavy atom. The number of rotatable bonds is 7. The van der Waals surface area contributed by atoms with Crippen LogP contribution in [0.5, 0.6) is 5.75 Å². The number of hydrogen-bond acceptors (Lipinski definition) is 5. The highest BCUT2D eigenvalue weighted by Crippen LogP contribution is 2.27. The fourth-order valence-corrected chi connectivity index (χ4v) is 4.12. The Hall–Kier alpha value is -2.97. The molecule has 1 aromatic heterocycles. The Balaban J connectivity index is 1.78. The lowest BCUT2D eigenvalue weighted by atomic mass is 10.1. The number of methoxy groups -OCH3 is 1. The van der Waals surface area contributed by atoms with Crippen molar-refractivity contribution in [1.82, 2.24) is 14.5 Å². The third kappa shape index (κ3) is 4.72. The molecule has 0 aliphatic carbocycles. The average molecular weight is 413 g/mol. The Morgan fingerprint density at radius 1 is 1.03 bits per heavy atom. The first-order valence-corrected chi connectivity index (χ1v) is 10.6. The van der Waals surface area contributed by atoms with Crippen molar-refractivity contribution in [1.29, 1.82) is 0 Å². The lowest BCUT2D eigenvalue weighted by Gasteiger charge is -2.13. The number of benzene rings is 2. The van der Waals surface area contributed by atoms with Gasteiger partial charge in [0.05, 0.1) is 19.3 Å². The molecule has 0 fully saturated rings. The molecule has 29 heavy (non-hydrogen) atoms. The van der Waals surface area contributed by atoms with Gasteiger partial charge in [-0.25, -0.2) is 17.8 Å². The van der Waals surface area contributed by atoms with Crippen molar-refractivity contribution in [2.75, 3.05) is 13.7 Å². The molecule has 3 rings (SSSR count). The van der Waals surface area contributed by atoms with Crippen LogP contribution in [0.15, 0.2) is 64.3 Å². The number of nitrogens with one attached hydrogen (secondary N) is 1. The van der Waals surface area contributed by atoms with Crippen LogP contribution in [0.3, 0.4) is 0 Å². The highest BCUT2D eigenvalue weighted by Gasteiger charge is 2.20. The van der Waals surface area contributed by atoms with E-state index in [1.807, 2.05) is 44.2 Å². The SMILES string of the molecule is COc1cc(C)c(C)cc1S(=O)(=O)NCCn1nc(-c2ccccc2)ccc1=O. The summed E-state index contributed by atoms with van der Waals surface area (Å²) in [5.74, 6) is 0.280. The van der Waals surface area contributed by atoms with Gasteiger partial charge in [-0.05, 0) is 43.2 Å². The van der Waals surface area contributed by atoms with Gasteiger partial charge < -0.3 is 4.74 Å². The number of ether oxygens (including phenoxy) is 1. The molecular formula is C21H23N3O4S. The van der Waals surface area contributed by atoms with Crippen LogP contribution in [0.4, 0.5) is 0 Å². The molecule has 0 saturated heterocycles. The minimum atomic E-state index is -3.81. The standard InChI is InChI=1S/C21H23N3O4S/c1-15-13-19(28-3)20(14-16(15)2)29(26,27)22-11-12-24-21(25)10-9-18(23-24)17-7-5-4-6-8-17/h4-10,13-14,22H,11-12H2,1-3H3. The zero-order valence-electron chi connectivity index (χ0n) is 16.5. The number of hydrogen-bond donors (Lipinski definition) is 1. The van der Waals surface area contributed by atoms with Crippen LogP contribution < -0.4 is 15.0 Å². The molecule has 2 aromatic carbocycles. The highest BCUT2D eigenvalue weighted by atomic mass is 32.2. The highest BCUT2D eigenvalue weighted by molar-refractivity contribution is 7.89. The van der Waals surface area contributed by atoms with Gasteiger partial charge in [0, 0.05) is 18.2 Å². The normalized spacial score (nSPS) is 11.4. The maximum atomic E-state index is 12.7. The number of aryl methyl sites for hydroxylation is 2.